The van der Waals surface area contributed by atoms with Crippen LogP contribution in [0.4, 0.5) is 4.79 Å². The molecule has 0 aliphatic carbocycles. The van der Waals surface area contributed by atoms with Gasteiger partial charge in [0.05, 0.1) is 18.6 Å². The van der Waals surface area contributed by atoms with E-state index in [1.165, 1.54) is 4.90 Å². The third-order valence-corrected chi connectivity index (χ3v) is 4.66. The molecule has 0 unspecified atom stereocenters. The summed E-state index contributed by atoms with van der Waals surface area (Å²) in [6, 6.07) is 15.2. The molecule has 2 aromatic carbocycles. The molecular weight excluding hydrogens is 322 g/mol. The average molecular weight is 339 g/mol. The summed E-state index contributed by atoms with van der Waals surface area (Å²) < 4.78 is 5.11. The van der Waals surface area contributed by atoms with Crippen molar-refractivity contribution < 1.29 is 14.3 Å². The van der Waals surface area contributed by atoms with Gasteiger partial charge >= 0.3 is 0 Å². The van der Waals surface area contributed by atoms with E-state index in [0.717, 1.165) is 34.2 Å². The Morgan fingerprint density at radius 2 is 1.71 bits per heavy atom. The van der Waals surface area contributed by atoms with Gasteiger partial charge in [0.25, 0.3) is 11.1 Å². The zero-order chi connectivity index (χ0) is 17.1. The molecular formula is C19H17NO3S. The molecule has 3 rings (SSSR count). The number of imide groups is 1. The number of carbonyl (C=O) groups excluding carboxylic acids is 2. The first kappa shape index (κ1) is 16.3. The highest BCUT2D eigenvalue weighted by Crippen LogP contribution is 2.33. The lowest BCUT2D eigenvalue weighted by atomic mass is 10.1. The molecule has 0 aromatic heterocycles. The first-order valence-corrected chi connectivity index (χ1v) is 8.33. The van der Waals surface area contributed by atoms with Gasteiger partial charge in [-0.1, -0.05) is 42.0 Å². The predicted molar refractivity (Wildman–Crippen MR) is 95.7 cm³/mol. The van der Waals surface area contributed by atoms with Crippen molar-refractivity contribution >= 4 is 29.0 Å². The van der Waals surface area contributed by atoms with Crippen molar-refractivity contribution in [2.75, 3.05) is 7.11 Å². The minimum atomic E-state index is -0.249. The minimum absolute atomic E-state index is 0.236. The zero-order valence-corrected chi connectivity index (χ0v) is 14.3. The van der Waals surface area contributed by atoms with Crippen molar-refractivity contribution in [3.63, 3.8) is 0 Å². The van der Waals surface area contributed by atoms with Gasteiger partial charge in [-0.25, -0.2) is 0 Å². The molecule has 1 aliphatic heterocycles. The molecule has 0 N–H and O–H groups in total. The molecule has 24 heavy (non-hydrogen) atoms. The molecule has 0 atom stereocenters. The molecule has 2 amide bonds. The van der Waals surface area contributed by atoms with E-state index >= 15 is 0 Å². The Labute approximate surface area is 145 Å². The van der Waals surface area contributed by atoms with Gasteiger partial charge in [0.15, 0.2) is 0 Å². The SMILES string of the molecule is COc1ccc(/C=C2\SC(=O)N(Cc3ccc(C)cc3)C2=O)cc1. The predicted octanol–water partition coefficient (Wildman–Crippen LogP) is 4.24. The summed E-state index contributed by atoms with van der Waals surface area (Å²) >= 11 is 0.976. The second-order valence-corrected chi connectivity index (χ2v) is 6.52. The van der Waals surface area contributed by atoms with Crippen molar-refractivity contribution in [2.45, 2.75) is 13.5 Å². The largest absolute Gasteiger partial charge is 0.497 e. The zero-order valence-electron chi connectivity index (χ0n) is 13.5. The highest BCUT2D eigenvalue weighted by molar-refractivity contribution is 8.18. The van der Waals surface area contributed by atoms with Crippen molar-refractivity contribution in [1.82, 2.24) is 4.90 Å². The van der Waals surface area contributed by atoms with Gasteiger partial charge in [-0.15, -0.1) is 0 Å². The number of rotatable bonds is 4. The van der Waals surface area contributed by atoms with Crippen LogP contribution in [0.3, 0.4) is 0 Å². The molecule has 0 radical (unpaired) electrons. The number of benzene rings is 2. The number of ether oxygens (including phenoxy) is 1. The van der Waals surface area contributed by atoms with Crippen LogP contribution in [0.15, 0.2) is 53.4 Å². The van der Waals surface area contributed by atoms with Gasteiger partial charge in [-0.05, 0) is 48.0 Å². The average Bonchev–Trinajstić information content (AvgIpc) is 2.85. The Morgan fingerprint density at radius 3 is 2.33 bits per heavy atom. The van der Waals surface area contributed by atoms with E-state index in [1.807, 2.05) is 55.5 Å². The standard InChI is InChI=1S/C19H17NO3S/c1-13-3-5-15(6-4-13)12-20-18(21)17(24-19(20)22)11-14-7-9-16(23-2)10-8-14/h3-11H,12H2,1-2H3/b17-11-. The quantitative estimate of drug-likeness (QED) is 0.782. The highest BCUT2D eigenvalue weighted by Gasteiger charge is 2.34. The number of methoxy groups -OCH3 is 1. The van der Waals surface area contributed by atoms with Crippen molar-refractivity contribution in [3.8, 4) is 5.75 Å². The van der Waals surface area contributed by atoms with Gasteiger partial charge in [0, 0.05) is 0 Å². The minimum Gasteiger partial charge on any atom is -0.497 e. The molecule has 0 saturated carbocycles. The van der Waals surface area contributed by atoms with Crippen LogP contribution < -0.4 is 4.74 Å². The first-order valence-electron chi connectivity index (χ1n) is 7.52. The normalized spacial score (nSPS) is 16.1. The lowest BCUT2D eigenvalue weighted by Crippen LogP contribution is -2.27. The van der Waals surface area contributed by atoms with E-state index in [0.29, 0.717) is 11.4 Å². The van der Waals surface area contributed by atoms with Crippen LogP contribution in [0, 0.1) is 6.92 Å². The van der Waals surface area contributed by atoms with E-state index in [-0.39, 0.29) is 11.1 Å². The van der Waals surface area contributed by atoms with Crippen molar-refractivity contribution in [1.29, 1.82) is 0 Å². The molecule has 1 aliphatic rings. The van der Waals surface area contributed by atoms with Gasteiger partial charge in [-0.3, -0.25) is 14.5 Å². The molecule has 2 aromatic rings. The number of hydrogen-bond acceptors (Lipinski definition) is 4. The molecule has 1 saturated heterocycles. The molecule has 122 valence electrons. The number of aryl methyl sites for hydroxylation is 1. The fourth-order valence-corrected chi connectivity index (χ4v) is 3.20. The maximum atomic E-state index is 12.5. The van der Waals surface area contributed by atoms with Gasteiger partial charge in [-0.2, -0.15) is 0 Å². The summed E-state index contributed by atoms with van der Waals surface area (Å²) in [5.74, 6) is 0.501. The van der Waals surface area contributed by atoms with Crippen LogP contribution in [0.5, 0.6) is 5.75 Å². The fourth-order valence-electron chi connectivity index (χ4n) is 2.36. The molecule has 0 spiro atoms. The first-order chi connectivity index (χ1) is 11.6. The Kier molecular flexibility index (Phi) is 4.71. The van der Waals surface area contributed by atoms with E-state index in [1.54, 1.807) is 13.2 Å². The summed E-state index contributed by atoms with van der Waals surface area (Å²) in [7, 11) is 1.60. The van der Waals surface area contributed by atoms with Crippen LogP contribution >= 0.6 is 11.8 Å². The van der Waals surface area contributed by atoms with Crippen LogP contribution in [-0.2, 0) is 11.3 Å². The Balaban J connectivity index is 1.77. The summed E-state index contributed by atoms with van der Waals surface area (Å²) in [6.45, 7) is 2.30. The number of carbonyl (C=O) groups is 2. The van der Waals surface area contributed by atoms with Crippen molar-refractivity contribution in [2.24, 2.45) is 0 Å². The van der Waals surface area contributed by atoms with E-state index in [9.17, 15) is 9.59 Å². The van der Waals surface area contributed by atoms with Crippen molar-refractivity contribution in [3.05, 3.63) is 70.1 Å². The number of nitrogens with zero attached hydrogens (tertiary/aromatic N) is 1. The Bertz CT molecular complexity index is 794. The van der Waals surface area contributed by atoms with Crippen LogP contribution in [0.25, 0.3) is 6.08 Å². The third kappa shape index (κ3) is 3.51. The Hall–Kier alpha value is -2.53. The molecule has 1 heterocycles. The maximum Gasteiger partial charge on any atom is 0.293 e. The summed E-state index contributed by atoms with van der Waals surface area (Å²) in [4.78, 5) is 26.4. The Morgan fingerprint density at radius 1 is 1.04 bits per heavy atom. The van der Waals surface area contributed by atoms with Crippen LogP contribution in [-0.4, -0.2) is 23.2 Å². The van der Waals surface area contributed by atoms with Gasteiger partial charge < -0.3 is 4.74 Å². The summed E-state index contributed by atoms with van der Waals surface area (Å²) in [6.07, 6.45) is 1.74. The number of amides is 2. The third-order valence-electron chi connectivity index (χ3n) is 3.75. The molecule has 5 heteroatoms. The number of thioether (sulfide) groups is 1. The van der Waals surface area contributed by atoms with E-state index in [4.69, 9.17) is 4.74 Å². The maximum absolute atomic E-state index is 12.5. The monoisotopic (exact) mass is 339 g/mol. The van der Waals surface area contributed by atoms with E-state index < -0.39 is 0 Å². The van der Waals surface area contributed by atoms with Gasteiger partial charge in [0.2, 0.25) is 0 Å². The van der Waals surface area contributed by atoms with E-state index in [2.05, 4.69) is 0 Å². The molecule has 1 fully saturated rings. The summed E-state index contributed by atoms with van der Waals surface area (Å²) in [5, 5.41) is -0.236. The second-order valence-electron chi connectivity index (χ2n) is 5.53. The summed E-state index contributed by atoms with van der Waals surface area (Å²) in [5.41, 5.74) is 2.94. The second kappa shape index (κ2) is 6.93. The van der Waals surface area contributed by atoms with Crippen LogP contribution in [0.2, 0.25) is 0 Å². The van der Waals surface area contributed by atoms with Crippen LogP contribution in [0.1, 0.15) is 16.7 Å². The molecule has 0 bridgehead atoms. The van der Waals surface area contributed by atoms with Gasteiger partial charge in [0.1, 0.15) is 5.75 Å². The lowest BCUT2D eigenvalue weighted by Gasteiger charge is -2.12. The smallest absolute Gasteiger partial charge is 0.293 e. The lowest BCUT2D eigenvalue weighted by molar-refractivity contribution is -0.123. The fraction of sp³-hybridized carbons (Fsp3) is 0.158. The highest BCUT2D eigenvalue weighted by atomic mass is 32.2. The topological polar surface area (TPSA) is 46.6 Å². The number of hydrogen-bond donors (Lipinski definition) is 0. The molecule has 4 nitrogen and oxygen atoms in total.